The van der Waals surface area contributed by atoms with Crippen LogP contribution in [0.25, 0.3) is 11.3 Å². The number of amides is 1. The zero-order valence-corrected chi connectivity index (χ0v) is 21.4. The van der Waals surface area contributed by atoms with Crippen molar-refractivity contribution in [2.24, 2.45) is 5.92 Å². The maximum absolute atomic E-state index is 12.9. The molecule has 0 radical (unpaired) electrons. The average Bonchev–Trinajstić information content (AvgIpc) is 3.03. The van der Waals surface area contributed by atoms with Crippen molar-refractivity contribution in [3.63, 3.8) is 0 Å². The van der Waals surface area contributed by atoms with Crippen LogP contribution in [0.3, 0.4) is 0 Å². The number of rotatable bonds is 9. The van der Waals surface area contributed by atoms with E-state index in [2.05, 4.69) is 49.4 Å². The van der Waals surface area contributed by atoms with Crippen LogP contribution in [0.5, 0.6) is 0 Å². The molecule has 0 spiro atoms. The smallest absolute Gasteiger partial charge is 0.255 e. The second-order valence-electron chi connectivity index (χ2n) is 9.44. The summed E-state index contributed by atoms with van der Waals surface area (Å²) in [6, 6.07) is 8.71. The molecule has 1 fully saturated rings. The van der Waals surface area contributed by atoms with Gasteiger partial charge in [-0.05, 0) is 67.5 Å². The molecule has 0 aromatic heterocycles. The largest absolute Gasteiger partial charge is 0.369 e. The fraction of sp³-hybridized carbons (Fsp3) is 0.387. The van der Waals surface area contributed by atoms with Gasteiger partial charge in [0, 0.05) is 34.8 Å². The number of hydrogen-bond acceptors (Lipinski definition) is 2. The van der Waals surface area contributed by atoms with E-state index < -0.39 is 0 Å². The van der Waals surface area contributed by atoms with Gasteiger partial charge in [-0.25, -0.2) is 4.39 Å². The van der Waals surface area contributed by atoms with Crippen molar-refractivity contribution in [2.75, 3.05) is 6.54 Å². The quantitative estimate of drug-likeness (QED) is 0.362. The van der Waals surface area contributed by atoms with Gasteiger partial charge < -0.3 is 10.2 Å². The number of fused-ring (bicyclic) bond motifs is 1. The van der Waals surface area contributed by atoms with Crippen LogP contribution in [0.2, 0.25) is 0 Å². The first kappa shape index (κ1) is 26.5. The summed E-state index contributed by atoms with van der Waals surface area (Å²) in [5.41, 5.74) is 3.31. The lowest BCUT2D eigenvalue weighted by molar-refractivity contribution is -0.116. The number of likely N-dealkylation sites (tertiary alicyclic amines) is 1. The molecular weight excluding hydrogens is 435 g/mol. The monoisotopic (exact) mass is 474 g/mol. The number of nitrogens with one attached hydrogen (secondary N) is 1. The second-order valence-corrected chi connectivity index (χ2v) is 9.44. The van der Waals surface area contributed by atoms with Crippen molar-refractivity contribution >= 4 is 17.2 Å². The van der Waals surface area contributed by atoms with E-state index in [-0.39, 0.29) is 17.3 Å². The van der Waals surface area contributed by atoms with Gasteiger partial charge in [0.2, 0.25) is 0 Å². The van der Waals surface area contributed by atoms with Gasteiger partial charge >= 0.3 is 0 Å². The van der Waals surface area contributed by atoms with E-state index in [0.717, 1.165) is 34.8 Å². The molecule has 1 saturated heterocycles. The predicted molar refractivity (Wildman–Crippen MR) is 145 cm³/mol. The summed E-state index contributed by atoms with van der Waals surface area (Å²) in [6.07, 6.45) is 15.2. The number of piperidine rings is 1. The van der Waals surface area contributed by atoms with Crippen LogP contribution in [0.15, 0.2) is 84.9 Å². The van der Waals surface area contributed by atoms with E-state index in [1.165, 1.54) is 62.8 Å². The van der Waals surface area contributed by atoms with E-state index in [9.17, 15) is 9.18 Å². The normalized spacial score (nSPS) is 20.6. The molecule has 1 heterocycles. The van der Waals surface area contributed by atoms with E-state index in [1.54, 1.807) is 0 Å². The number of allylic oxidation sites excluding steroid dienone is 5. The van der Waals surface area contributed by atoms with Crippen molar-refractivity contribution in [1.82, 2.24) is 10.2 Å². The van der Waals surface area contributed by atoms with Gasteiger partial charge in [0.25, 0.3) is 5.91 Å². The molecule has 0 saturated carbocycles. The summed E-state index contributed by atoms with van der Waals surface area (Å²) in [5, 5.41) is 5.08. The lowest BCUT2D eigenvalue weighted by Crippen LogP contribution is -2.45. The van der Waals surface area contributed by atoms with Gasteiger partial charge in [-0.1, -0.05) is 76.3 Å². The van der Waals surface area contributed by atoms with Crippen LogP contribution in [0.1, 0.15) is 59.3 Å². The van der Waals surface area contributed by atoms with E-state index in [4.69, 9.17) is 0 Å². The molecule has 1 aliphatic carbocycles. The Hall–Kier alpha value is -3.14. The molecule has 1 aromatic rings. The molecule has 1 amide bonds. The highest BCUT2D eigenvalue weighted by Crippen LogP contribution is 2.34. The Morgan fingerprint density at radius 2 is 1.97 bits per heavy atom. The fourth-order valence-electron chi connectivity index (χ4n) is 5.24. The summed E-state index contributed by atoms with van der Waals surface area (Å²) in [5.74, 6) is 0.0646. The first-order valence-corrected chi connectivity index (χ1v) is 12.8. The van der Waals surface area contributed by atoms with Gasteiger partial charge in [0.05, 0.1) is 5.83 Å². The van der Waals surface area contributed by atoms with E-state index in [1.807, 2.05) is 24.3 Å². The summed E-state index contributed by atoms with van der Waals surface area (Å²) >= 11 is 0. The zero-order valence-electron chi connectivity index (χ0n) is 21.4. The molecule has 186 valence electrons. The Morgan fingerprint density at radius 3 is 2.66 bits per heavy atom. The number of carbonyl (C=O) groups excluding carboxylic acids is 1. The van der Waals surface area contributed by atoms with E-state index >= 15 is 0 Å². The molecule has 3 rings (SSSR count). The standard InChI is InChI=1S/C31H39FN2O/c1-6-13-30-25(7-2)16-12-21-34(30)24(5)26-19-11-20-29(28-18-9-8-17-27(26)28)33-31(35)22(3)14-10-15-23(4)32/h8-11,14-15,17-18,20,25,30H,3,5-7,12-13,16,19,21H2,1-2,4H3,(H,33,35)/b14-10-,23-15+. The van der Waals surface area contributed by atoms with Gasteiger partial charge in [-0.15, -0.1) is 0 Å². The Kier molecular flexibility index (Phi) is 9.47. The summed E-state index contributed by atoms with van der Waals surface area (Å²) in [4.78, 5) is 15.3. The van der Waals surface area contributed by atoms with Crippen LogP contribution < -0.4 is 15.8 Å². The third-order valence-corrected chi connectivity index (χ3v) is 7.03. The minimum absolute atomic E-state index is 0.264. The molecule has 1 aliphatic heterocycles. The number of halogens is 1. The maximum atomic E-state index is 12.9. The van der Waals surface area contributed by atoms with Gasteiger partial charge in [0.15, 0.2) is 0 Å². The molecule has 0 bridgehead atoms. The van der Waals surface area contributed by atoms with Crippen molar-refractivity contribution in [3.8, 4) is 0 Å². The van der Waals surface area contributed by atoms with Crippen LogP contribution >= 0.6 is 0 Å². The highest BCUT2D eigenvalue weighted by Gasteiger charge is 2.31. The van der Waals surface area contributed by atoms with Gasteiger partial charge in [0.1, 0.15) is 0 Å². The third kappa shape index (κ3) is 6.50. The Balaban J connectivity index is 1.99. The molecule has 1 aromatic carbocycles. The van der Waals surface area contributed by atoms with Crippen LogP contribution in [0, 0.1) is 5.92 Å². The Bertz CT molecular complexity index is 1170. The number of nitrogens with zero attached hydrogens (tertiary/aromatic N) is 1. The molecule has 2 unspecified atom stereocenters. The summed E-state index contributed by atoms with van der Waals surface area (Å²) in [6.45, 7) is 15.4. The highest BCUT2D eigenvalue weighted by atomic mass is 19.1. The van der Waals surface area contributed by atoms with Gasteiger partial charge in [-0.2, -0.15) is 0 Å². The number of benzene rings is 1. The first-order valence-electron chi connectivity index (χ1n) is 12.8. The lowest BCUT2D eigenvalue weighted by Gasteiger charge is -2.44. The minimum Gasteiger partial charge on any atom is -0.369 e. The fourth-order valence-corrected chi connectivity index (χ4v) is 5.24. The minimum atomic E-state index is -0.326. The molecule has 1 N–H and O–H groups in total. The maximum Gasteiger partial charge on any atom is 0.255 e. The van der Waals surface area contributed by atoms with Crippen LogP contribution in [-0.4, -0.2) is 23.4 Å². The predicted octanol–water partition coefficient (Wildman–Crippen LogP) is 5.81. The Labute approximate surface area is 209 Å². The molecule has 3 nitrogen and oxygen atoms in total. The highest BCUT2D eigenvalue weighted by molar-refractivity contribution is 6.00. The molecule has 35 heavy (non-hydrogen) atoms. The molecule has 2 atom stereocenters. The zero-order chi connectivity index (χ0) is 25.4. The van der Waals surface area contributed by atoms with Crippen molar-refractivity contribution < 1.29 is 9.18 Å². The topological polar surface area (TPSA) is 32.3 Å². The van der Waals surface area contributed by atoms with Crippen LogP contribution in [0.4, 0.5) is 4.39 Å². The molecule has 4 heteroatoms. The number of carbonyl (C=O) groups is 1. The van der Waals surface area contributed by atoms with Crippen molar-refractivity contribution in [2.45, 2.75) is 65.3 Å². The number of hydrogen-bond donors (Lipinski definition) is 1. The van der Waals surface area contributed by atoms with Gasteiger partial charge in [-0.3, -0.25) is 4.79 Å². The second kappa shape index (κ2) is 12.5. The molecule has 2 aliphatic rings. The molecular formula is C31H39FN2O. The first-order chi connectivity index (χ1) is 16.9. The Morgan fingerprint density at radius 1 is 1.23 bits per heavy atom. The third-order valence-electron chi connectivity index (χ3n) is 7.03. The SMILES string of the molecule is C=C(/C=C\C=C(/C)F)C(=O)NC1=c2ccccc2=C(C(=C)N2CCCC(CC)C2CCC)CC=C1. The van der Waals surface area contributed by atoms with Crippen molar-refractivity contribution in [3.05, 3.63) is 95.3 Å². The van der Waals surface area contributed by atoms with Crippen LogP contribution in [-0.2, 0) is 4.79 Å². The van der Waals surface area contributed by atoms with Crippen molar-refractivity contribution in [1.29, 1.82) is 0 Å². The summed E-state index contributed by atoms with van der Waals surface area (Å²) in [7, 11) is 0. The summed E-state index contributed by atoms with van der Waals surface area (Å²) < 4.78 is 12.9. The average molecular weight is 475 g/mol. The van der Waals surface area contributed by atoms with E-state index in [0.29, 0.717) is 12.0 Å². The lowest BCUT2D eigenvalue weighted by atomic mass is 9.83.